The zero-order valence-corrected chi connectivity index (χ0v) is 49.1. The SMILES string of the molecule is CCCCCCCCCCCCOC(=O)c1ccc(-c2ccc(C(=O)OCCCCCCCCCCCC)c(C(=O)OCCCCCCCCCCCC)c2)c(C(CC)C(=O)OCCCCCCCCCCCC)c1. The molecule has 0 aliphatic rings. The van der Waals surface area contributed by atoms with Crippen molar-refractivity contribution >= 4 is 23.9 Å². The van der Waals surface area contributed by atoms with Crippen LogP contribution in [-0.2, 0) is 23.7 Å². The van der Waals surface area contributed by atoms with Gasteiger partial charge in [0.15, 0.2) is 0 Å². The van der Waals surface area contributed by atoms with E-state index in [0.717, 1.165) is 77.0 Å². The van der Waals surface area contributed by atoms with Crippen LogP contribution in [-0.4, -0.2) is 50.3 Å². The number of carbonyl (C=O) groups excluding carboxylic acids is 4. The van der Waals surface area contributed by atoms with Crippen molar-refractivity contribution in [2.45, 2.75) is 304 Å². The normalized spacial score (nSPS) is 11.7. The fourth-order valence-corrected chi connectivity index (χ4v) is 10.2. The van der Waals surface area contributed by atoms with Crippen molar-refractivity contribution < 1.29 is 38.1 Å². The second-order valence-corrected chi connectivity index (χ2v) is 21.8. The van der Waals surface area contributed by atoms with E-state index >= 15 is 0 Å². The van der Waals surface area contributed by atoms with Crippen molar-refractivity contribution in [1.29, 1.82) is 0 Å². The molecule has 0 N–H and O–H groups in total. The van der Waals surface area contributed by atoms with Crippen molar-refractivity contribution in [2.75, 3.05) is 26.4 Å². The van der Waals surface area contributed by atoms with Crippen molar-refractivity contribution in [3.05, 3.63) is 58.7 Å². The largest absolute Gasteiger partial charge is 0.465 e. The van der Waals surface area contributed by atoms with Gasteiger partial charge in [0.1, 0.15) is 0 Å². The van der Waals surface area contributed by atoms with Gasteiger partial charge in [0.05, 0.1) is 49.0 Å². The van der Waals surface area contributed by atoms with Gasteiger partial charge >= 0.3 is 23.9 Å². The Morgan fingerprint density at radius 3 is 1.01 bits per heavy atom. The van der Waals surface area contributed by atoms with Crippen molar-refractivity contribution in [1.82, 2.24) is 0 Å². The molecule has 0 fully saturated rings. The highest BCUT2D eigenvalue weighted by atomic mass is 16.5. The molecular weight excluding hydrogens is 933 g/mol. The van der Waals surface area contributed by atoms with Crippen molar-refractivity contribution in [3.63, 3.8) is 0 Å². The number of unbranched alkanes of at least 4 members (excludes halogenated alkanes) is 36. The third-order valence-electron chi connectivity index (χ3n) is 15.1. The molecule has 428 valence electrons. The van der Waals surface area contributed by atoms with Crippen molar-refractivity contribution in [2.24, 2.45) is 0 Å². The molecule has 2 aromatic carbocycles. The maximum absolute atomic E-state index is 14.1. The molecule has 75 heavy (non-hydrogen) atoms. The van der Waals surface area contributed by atoms with Crippen LogP contribution in [0.5, 0.6) is 0 Å². The van der Waals surface area contributed by atoms with Gasteiger partial charge in [0.25, 0.3) is 0 Å². The first-order valence-corrected chi connectivity index (χ1v) is 31.8. The summed E-state index contributed by atoms with van der Waals surface area (Å²) in [5.74, 6) is -2.56. The van der Waals surface area contributed by atoms with Crippen LogP contribution in [0.15, 0.2) is 36.4 Å². The minimum atomic E-state index is -0.671. The van der Waals surface area contributed by atoms with E-state index in [2.05, 4.69) is 27.7 Å². The fourth-order valence-electron chi connectivity index (χ4n) is 10.2. The van der Waals surface area contributed by atoms with Crippen LogP contribution in [0.1, 0.15) is 340 Å². The molecule has 0 aliphatic carbocycles. The molecular formula is C67H112O8. The first kappa shape index (κ1) is 67.4. The van der Waals surface area contributed by atoms with Gasteiger partial charge in [-0.15, -0.1) is 0 Å². The lowest BCUT2D eigenvalue weighted by atomic mass is 9.86. The van der Waals surface area contributed by atoms with Crippen LogP contribution in [0.25, 0.3) is 11.1 Å². The number of esters is 4. The van der Waals surface area contributed by atoms with E-state index < -0.39 is 23.8 Å². The van der Waals surface area contributed by atoms with Gasteiger partial charge in [-0.25, -0.2) is 14.4 Å². The quantitative estimate of drug-likeness (QED) is 0.0367. The summed E-state index contributed by atoms with van der Waals surface area (Å²) in [6.07, 6.45) is 47.7. The summed E-state index contributed by atoms with van der Waals surface area (Å²) in [7, 11) is 0. The molecule has 0 saturated carbocycles. The summed E-state index contributed by atoms with van der Waals surface area (Å²) in [4.78, 5) is 55.6. The molecule has 0 aliphatic heterocycles. The monoisotopic (exact) mass is 1040 g/mol. The van der Waals surface area contributed by atoms with Crippen molar-refractivity contribution in [3.8, 4) is 11.1 Å². The third kappa shape index (κ3) is 32.6. The van der Waals surface area contributed by atoms with Crippen LogP contribution in [0.3, 0.4) is 0 Å². The Hall–Kier alpha value is -3.68. The lowest BCUT2D eigenvalue weighted by Gasteiger charge is -2.20. The molecule has 0 bridgehead atoms. The molecule has 8 heteroatoms. The Morgan fingerprint density at radius 2 is 0.653 bits per heavy atom. The molecule has 0 radical (unpaired) electrons. The van der Waals surface area contributed by atoms with E-state index in [1.807, 2.05) is 13.0 Å². The van der Waals surface area contributed by atoms with Crippen LogP contribution in [0.2, 0.25) is 0 Å². The molecule has 1 unspecified atom stereocenters. The van der Waals surface area contributed by atoms with Gasteiger partial charge in [-0.3, -0.25) is 4.79 Å². The highest BCUT2D eigenvalue weighted by Crippen LogP contribution is 2.35. The third-order valence-corrected chi connectivity index (χ3v) is 15.1. The lowest BCUT2D eigenvalue weighted by molar-refractivity contribution is -0.145. The Bertz CT molecular complexity index is 1730. The topological polar surface area (TPSA) is 105 Å². The Labute approximate surface area is 460 Å². The number of benzene rings is 2. The smallest absolute Gasteiger partial charge is 0.339 e. The average Bonchev–Trinajstić information content (AvgIpc) is 3.42. The molecule has 2 aromatic rings. The van der Waals surface area contributed by atoms with Crippen LogP contribution >= 0.6 is 0 Å². The van der Waals surface area contributed by atoms with Gasteiger partial charge in [0.2, 0.25) is 0 Å². The van der Waals surface area contributed by atoms with Crippen LogP contribution in [0, 0.1) is 0 Å². The van der Waals surface area contributed by atoms with Crippen LogP contribution < -0.4 is 0 Å². The van der Waals surface area contributed by atoms with Gasteiger partial charge in [-0.1, -0.05) is 278 Å². The standard InChI is InChI=1S/C67H112O8/c1-6-11-15-19-23-27-31-35-39-43-51-72-64(68)58-48-49-60(62(56-58)59(10-5)65(69)73-52-44-40-36-32-28-24-20-16-12-7-2)57-47-50-61(66(70)74-53-45-41-37-33-29-25-21-17-13-8-3)63(55-57)67(71)75-54-46-42-38-34-30-26-22-18-14-9-4/h47-50,55-56,59H,6-46,51-54H2,1-5H3. The van der Waals surface area contributed by atoms with E-state index in [9.17, 15) is 19.2 Å². The van der Waals surface area contributed by atoms with E-state index in [0.29, 0.717) is 41.9 Å². The molecule has 2 rings (SSSR count). The molecule has 0 saturated heterocycles. The molecule has 0 aromatic heterocycles. The first-order valence-electron chi connectivity index (χ1n) is 31.8. The molecule has 0 amide bonds. The number of rotatable bonds is 51. The Balaban J connectivity index is 2.29. The Morgan fingerprint density at radius 1 is 0.333 bits per heavy atom. The summed E-state index contributed by atoms with van der Waals surface area (Å²) in [5.41, 5.74) is 2.60. The second-order valence-electron chi connectivity index (χ2n) is 21.8. The average molecular weight is 1050 g/mol. The predicted octanol–water partition coefficient (Wildman–Crippen LogP) is 20.5. The van der Waals surface area contributed by atoms with E-state index in [1.165, 1.54) is 180 Å². The van der Waals surface area contributed by atoms with E-state index in [-0.39, 0.29) is 30.3 Å². The summed E-state index contributed by atoms with van der Waals surface area (Å²) in [6.45, 7) is 12.2. The fraction of sp³-hybridized carbons (Fsp3) is 0.761. The summed E-state index contributed by atoms with van der Waals surface area (Å²) >= 11 is 0. The highest BCUT2D eigenvalue weighted by molar-refractivity contribution is 6.04. The maximum Gasteiger partial charge on any atom is 0.339 e. The molecule has 0 spiro atoms. The van der Waals surface area contributed by atoms with Gasteiger partial charge in [0, 0.05) is 0 Å². The second kappa shape index (κ2) is 47.5. The lowest BCUT2D eigenvalue weighted by Crippen LogP contribution is -2.18. The zero-order chi connectivity index (χ0) is 54.2. The molecule has 1 atom stereocenters. The predicted molar refractivity (Wildman–Crippen MR) is 314 cm³/mol. The van der Waals surface area contributed by atoms with Gasteiger partial charge < -0.3 is 18.9 Å². The number of carbonyl (C=O) groups is 4. The van der Waals surface area contributed by atoms with Crippen LogP contribution in [0.4, 0.5) is 0 Å². The minimum Gasteiger partial charge on any atom is -0.465 e. The zero-order valence-electron chi connectivity index (χ0n) is 49.1. The van der Waals surface area contributed by atoms with E-state index in [1.54, 1.807) is 30.3 Å². The van der Waals surface area contributed by atoms with Gasteiger partial charge in [-0.05, 0) is 73.1 Å². The number of ether oxygens (including phenoxy) is 4. The van der Waals surface area contributed by atoms with Gasteiger partial charge in [-0.2, -0.15) is 0 Å². The number of hydrogen-bond acceptors (Lipinski definition) is 8. The Kier molecular flexibility index (Phi) is 42.7. The highest BCUT2D eigenvalue weighted by Gasteiger charge is 2.27. The minimum absolute atomic E-state index is 0.134. The number of hydrogen-bond donors (Lipinski definition) is 0. The molecule has 0 heterocycles. The summed E-state index contributed by atoms with van der Waals surface area (Å²) in [6, 6.07) is 10.5. The summed E-state index contributed by atoms with van der Waals surface area (Å²) in [5, 5.41) is 0. The maximum atomic E-state index is 14.1. The first-order chi connectivity index (χ1) is 36.8. The summed E-state index contributed by atoms with van der Waals surface area (Å²) < 4.78 is 23.5. The molecule has 8 nitrogen and oxygen atoms in total. The van der Waals surface area contributed by atoms with E-state index in [4.69, 9.17) is 18.9 Å².